The first-order chi connectivity index (χ1) is 11.2. The number of amides is 1. The minimum absolute atomic E-state index is 0.0540. The van der Waals surface area contributed by atoms with Gasteiger partial charge in [0.15, 0.2) is 0 Å². The third-order valence-electron chi connectivity index (χ3n) is 4.07. The zero-order valence-electron chi connectivity index (χ0n) is 12.9. The molecule has 0 atom stereocenters. The quantitative estimate of drug-likeness (QED) is 0.868. The first-order valence-electron chi connectivity index (χ1n) is 7.70. The molecule has 1 amide bonds. The van der Waals surface area contributed by atoms with E-state index in [2.05, 4.69) is 57.2 Å². The molecule has 1 aliphatic heterocycles. The number of hydrogen-bond acceptors (Lipinski definition) is 4. The van der Waals surface area contributed by atoms with E-state index in [9.17, 15) is 4.79 Å². The van der Waals surface area contributed by atoms with E-state index in [-0.39, 0.29) is 12.5 Å². The molecule has 1 aromatic carbocycles. The standard InChI is InChI=1S/C17H20BrN3OS/c18-14-3-1-13(2-4-14)16-6-5-15(23-16)12-20-7-9-21(10-8-20)17(22)11-19/h1-6H,7-12,19H2. The third-order valence-corrected chi connectivity index (χ3v) is 5.72. The van der Waals surface area contributed by atoms with Gasteiger partial charge in [-0.3, -0.25) is 9.69 Å². The molecule has 122 valence electrons. The molecule has 1 aromatic heterocycles. The van der Waals surface area contributed by atoms with Gasteiger partial charge in [0.1, 0.15) is 0 Å². The summed E-state index contributed by atoms with van der Waals surface area (Å²) < 4.78 is 1.10. The van der Waals surface area contributed by atoms with Crippen LogP contribution in [0.4, 0.5) is 0 Å². The predicted octanol–water partition coefficient (Wildman–Crippen LogP) is 2.78. The summed E-state index contributed by atoms with van der Waals surface area (Å²) in [6.07, 6.45) is 0. The first kappa shape index (κ1) is 16.6. The minimum Gasteiger partial charge on any atom is -0.339 e. The van der Waals surface area contributed by atoms with E-state index in [4.69, 9.17) is 5.73 Å². The normalized spacial score (nSPS) is 15.8. The van der Waals surface area contributed by atoms with Crippen LogP contribution in [0.2, 0.25) is 0 Å². The van der Waals surface area contributed by atoms with Gasteiger partial charge in [-0.15, -0.1) is 11.3 Å². The van der Waals surface area contributed by atoms with E-state index in [1.165, 1.54) is 15.3 Å². The van der Waals surface area contributed by atoms with E-state index >= 15 is 0 Å². The van der Waals surface area contributed by atoms with Gasteiger partial charge in [-0.25, -0.2) is 0 Å². The van der Waals surface area contributed by atoms with Crippen molar-refractivity contribution in [3.05, 3.63) is 45.7 Å². The Labute approximate surface area is 149 Å². The summed E-state index contributed by atoms with van der Waals surface area (Å²) in [5.74, 6) is 0.0540. The molecule has 0 saturated carbocycles. The van der Waals surface area contributed by atoms with Crippen LogP contribution in [0.5, 0.6) is 0 Å². The number of nitrogens with zero attached hydrogens (tertiary/aromatic N) is 2. The van der Waals surface area contributed by atoms with Crippen LogP contribution in [0.25, 0.3) is 10.4 Å². The number of carbonyl (C=O) groups excluding carboxylic acids is 1. The molecule has 0 bridgehead atoms. The van der Waals surface area contributed by atoms with Gasteiger partial charge >= 0.3 is 0 Å². The fraction of sp³-hybridized carbons (Fsp3) is 0.353. The Morgan fingerprint density at radius 1 is 1.09 bits per heavy atom. The van der Waals surface area contributed by atoms with Crippen molar-refractivity contribution in [3.63, 3.8) is 0 Å². The lowest BCUT2D eigenvalue weighted by Crippen LogP contribution is -2.49. The molecule has 1 aliphatic rings. The van der Waals surface area contributed by atoms with Crippen LogP contribution in [0.3, 0.4) is 0 Å². The predicted molar refractivity (Wildman–Crippen MR) is 98.4 cm³/mol. The van der Waals surface area contributed by atoms with Crippen molar-refractivity contribution < 1.29 is 4.79 Å². The Morgan fingerprint density at radius 2 is 1.78 bits per heavy atom. The average molecular weight is 394 g/mol. The highest BCUT2D eigenvalue weighted by atomic mass is 79.9. The second kappa shape index (κ2) is 7.57. The van der Waals surface area contributed by atoms with Crippen LogP contribution in [0.15, 0.2) is 40.9 Å². The fourth-order valence-corrected chi connectivity index (χ4v) is 4.06. The van der Waals surface area contributed by atoms with Gasteiger partial charge in [0, 0.05) is 47.0 Å². The van der Waals surface area contributed by atoms with Crippen LogP contribution < -0.4 is 5.73 Å². The SMILES string of the molecule is NCC(=O)N1CCN(Cc2ccc(-c3ccc(Br)cc3)s2)CC1. The van der Waals surface area contributed by atoms with Crippen LogP contribution >= 0.6 is 27.3 Å². The smallest absolute Gasteiger partial charge is 0.236 e. The molecule has 2 N–H and O–H groups in total. The van der Waals surface area contributed by atoms with Gasteiger partial charge < -0.3 is 10.6 Å². The topological polar surface area (TPSA) is 49.6 Å². The second-order valence-corrected chi connectivity index (χ2v) is 7.72. The molecule has 1 saturated heterocycles. The van der Waals surface area contributed by atoms with Crippen molar-refractivity contribution in [2.45, 2.75) is 6.54 Å². The minimum atomic E-state index is 0.0540. The van der Waals surface area contributed by atoms with Gasteiger partial charge in [0.2, 0.25) is 5.91 Å². The molecule has 0 radical (unpaired) electrons. The van der Waals surface area contributed by atoms with Crippen molar-refractivity contribution in [2.24, 2.45) is 5.73 Å². The Balaban J connectivity index is 1.58. The molecule has 2 heterocycles. The number of thiophene rings is 1. The maximum atomic E-state index is 11.6. The summed E-state index contributed by atoms with van der Waals surface area (Å²) in [6.45, 7) is 4.45. The molecule has 6 heteroatoms. The summed E-state index contributed by atoms with van der Waals surface area (Å²) in [5.41, 5.74) is 6.67. The van der Waals surface area contributed by atoms with Crippen LogP contribution in [-0.2, 0) is 11.3 Å². The number of halogens is 1. The van der Waals surface area contributed by atoms with E-state index in [0.29, 0.717) is 0 Å². The van der Waals surface area contributed by atoms with Gasteiger partial charge in [0.05, 0.1) is 6.54 Å². The largest absolute Gasteiger partial charge is 0.339 e. The van der Waals surface area contributed by atoms with Crippen molar-refractivity contribution in [2.75, 3.05) is 32.7 Å². The zero-order valence-corrected chi connectivity index (χ0v) is 15.3. The van der Waals surface area contributed by atoms with Crippen molar-refractivity contribution in [1.82, 2.24) is 9.80 Å². The van der Waals surface area contributed by atoms with Crippen molar-refractivity contribution >= 4 is 33.2 Å². The monoisotopic (exact) mass is 393 g/mol. The summed E-state index contributed by atoms with van der Waals surface area (Å²) in [5, 5.41) is 0. The summed E-state index contributed by atoms with van der Waals surface area (Å²) in [7, 11) is 0. The molecule has 0 spiro atoms. The van der Waals surface area contributed by atoms with Gasteiger partial charge in [-0.2, -0.15) is 0 Å². The second-order valence-electron chi connectivity index (χ2n) is 5.63. The summed E-state index contributed by atoms with van der Waals surface area (Å²) >= 11 is 5.31. The average Bonchev–Trinajstić information content (AvgIpc) is 3.04. The Hall–Kier alpha value is -1.21. The highest BCUT2D eigenvalue weighted by Gasteiger charge is 2.20. The number of hydrogen-bond donors (Lipinski definition) is 1. The Bertz CT molecular complexity index is 663. The van der Waals surface area contributed by atoms with Crippen LogP contribution in [0.1, 0.15) is 4.88 Å². The number of carbonyl (C=O) groups is 1. The molecule has 0 aliphatic carbocycles. The summed E-state index contributed by atoms with van der Waals surface area (Å²) in [6, 6.07) is 12.8. The van der Waals surface area contributed by atoms with Gasteiger partial charge in [-0.1, -0.05) is 28.1 Å². The molecular weight excluding hydrogens is 374 g/mol. The van der Waals surface area contributed by atoms with E-state index in [1.807, 2.05) is 16.2 Å². The first-order valence-corrected chi connectivity index (χ1v) is 9.31. The Morgan fingerprint density at radius 3 is 2.43 bits per heavy atom. The number of piperazine rings is 1. The van der Waals surface area contributed by atoms with Crippen LogP contribution in [0, 0.1) is 0 Å². The number of nitrogens with two attached hydrogens (primary N) is 1. The molecule has 4 nitrogen and oxygen atoms in total. The molecule has 0 unspecified atom stereocenters. The lowest BCUT2D eigenvalue weighted by Gasteiger charge is -2.34. The van der Waals surface area contributed by atoms with E-state index in [1.54, 1.807) is 0 Å². The fourth-order valence-electron chi connectivity index (χ4n) is 2.74. The molecule has 1 fully saturated rings. The highest BCUT2D eigenvalue weighted by Crippen LogP contribution is 2.29. The molecule has 23 heavy (non-hydrogen) atoms. The maximum Gasteiger partial charge on any atom is 0.236 e. The van der Waals surface area contributed by atoms with Gasteiger partial charge in [-0.05, 0) is 29.8 Å². The Kier molecular flexibility index (Phi) is 5.48. The zero-order chi connectivity index (χ0) is 16.2. The lowest BCUT2D eigenvalue weighted by molar-refractivity contribution is -0.131. The van der Waals surface area contributed by atoms with Crippen molar-refractivity contribution in [1.29, 1.82) is 0 Å². The highest BCUT2D eigenvalue weighted by molar-refractivity contribution is 9.10. The number of benzene rings is 1. The molecular formula is C17H20BrN3OS. The molecule has 2 aromatic rings. The lowest BCUT2D eigenvalue weighted by atomic mass is 10.2. The third kappa shape index (κ3) is 4.20. The molecule has 3 rings (SSSR count). The van der Waals surface area contributed by atoms with E-state index < -0.39 is 0 Å². The van der Waals surface area contributed by atoms with Crippen molar-refractivity contribution in [3.8, 4) is 10.4 Å². The van der Waals surface area contributed by atoms with E-state index in [0.717, 1.165) is 37.2 Å². The maximum absolute atomic E-state index is 11.6. The van der Waals surface area contributed by atoms with Crippen LogP contribution in [-0.4, -0.2) is 48.4 Å². The number of rotatable bonds is 4. The summed E-state index contributed by atoms with van der Waals surface area (Å²) in [4.78, 5) is 18.5. The van der Waals surface area contributed by atoms with Gasteiger partial charge in [0.25, 0.3) is 0 Å².